The Bertz CT molecular complexity index is 465. The van der Waals surface area contributed by atoms with Gasteiger partial charge in [-0.15, -0.1) is 0 Å². The SMILES string of the molecule is C[n+]1cc(C=O)nc2ccccc21. The van der Waals surface area contributed by atoms with Gasteiger partial charge in [0.2, 0.25) is 5.52 Å². The molecule has 0 spiro atoms. The van der Waals surface area contributed by atoms with E-state index in [2.05, 4.69) is 4.98 Å². The molecule has 13 heavy (non-hydrogen) atoms. The van der Waals surface area contributed by atoms with E-state index < -0.39 is 0 Å². The monoisotopic (exact) mass is 173 g/mol. The summed E-state index contributed by atoms with van der Waals surface area (Å²) >= 11 is 0. The lowest BCUT2D eigenvalue weighted by atomic mass is 10.3. The fourth-order valence-corrected chi connectivity index (χ4v) is 1.35. The average Bonchev–Trinajstić information content (AvgIpc) is 2.18. The second-order valence-electron chi connectivity index (χ2n) is 2.88. The lowest BCUT2D eigenvalue weighted by Crippen LogP contribution is -2.29. The van der Waals surface area contributed by atoms with Gasteiger partial charge >= 0.3 is 0 Å². The molecule has 2 rings (SSSR count). The van der Waals surface area contributed by atoms with Crippen LogP contribution >= 0.6 is 0 Å². The summed E-state index contributed by atoms with van der Waals surface area (Å²) in [4.78, 5) is 14.7. The van der Waals surface area contributed by atoms with E-state index in [-0.39, 0.29) is 0 Å². The summed E-state index contributed by atoms with van der Waals surface area (Å²) in [6.07, 6.45) is 2.47. The predicted molar refractivity (Wildman–Crippen MR) is 48.3 cm³/mol. The third-order valence-corrected chi connectivity index (χ3v) is 1.96. The highest BCUT2D eigenvalue weighted by Crippen LogP contribution is 2.05. The Kier molecular flexibility index (Phi) is 1.77. The Morgan fingerprint density at radius 3 is 2.92 bits per heavy atom. The molecule has 0 radical (unpaired) electrons. The largest absolute Gasteiger partial charge is 0.296 e. The topological polar surface area (TPSA) is 33.8 Å². The van der Waals surface area contributed by atoms with Crippen LogP contribution in [0.1, 0.15) is 10.5 Å². The molecule has 2 aromatic rings. The summed E-state index contributed by atoms with van der Waals surface area (Å²) in [5.74, 6) is 0. The molecule has 0 atom stereocenters. The van der Waals surface area contributed by atoms with Crippen LogP contribution in [0.5, 0.6) is 0 Å². The maximum Gasteiger partial charge on any atom is 0.230 e. The molecule has 0 aliphatic carbocycles. The number of nitrogens with zero attached hydrogens (tertiary/aromatic N) is 2. The van der Waals surface area contributed by atoms with Crippen LogP contribution in [0.15, 0.2) is 30.5 Å². The quantitative estimate of drug-likeness (QED) is 0.473. The van der Waals surface area contributed by atoms with Gasteiger partial charge in [-0.25, -0.2) is 4.98 Å². The van der Waals surface area contributed by atoms with E-state index in [9.17, 15) is 4.79 Å². The molecule has 3 heteroatoms. The Labute approximate surface area is 75.7 Å². The summed E-state index contributed by atoms with van der Waals surface area (Å²) in [6, 6.07) is 7.72. The van der Waals surface area contributed by atoms with Gasteiger partial charge in [-0.05, 0) is 6.07 Å². The molecule has 1 aromatic carbocycles. The van der Waals surface area contributed by atoms with Crippen molar-refractivity contribution in [3.8, 4) is 0 Å². The first-order chi connectivity index (χ1) is 6.31. The minimum atomic E-state index is 0.459. The lowest BCUT2D eigenvalue weighted by molar-refractivity contribution is -0.645. The van der Waals surface area contributed by atoms with E-state index >= 15 is 0 Å². The maximum absolute atomic E-state index is 10.5. The molecule has 0 saturated heterocycles. The number of hydrogen-bond acceptors (Lipinski definition) is 2. The highest BCUT2D eigenvalue weighted by atomic mass is 16.1. The Balaban J connectivity index is 2.84. The number of aryl methyl sites for hydroxylation is 1. The second-order valence-corrected chi connectivity index (χ2v) is 2.88. The van der Waals surface area contributed by atoms with Gasteiger partial charge < -0.3 is 0 Å². The smallest absolute Gasteiger partial charge is 0.230 e. The number of carbonyl (C=O) groups excluding carboxylic acids is 1. The van der Waals surface area contributed by atoms with Crippen LogP contribution in [0.2, 0.25) is 0 Å². The molecular weight excluding hydrogens is 164 g/mol. The lowest BCUT2D eigenvalue weighted by Gasteiger charge is -1.95. The van der Waals surface area contributed by atoms with Gasteiger partial charge in [0.25, 0.3) is 0 Å². The third-order valence-electron chi connectivity index (χ3n) is 1.96. The first kappa shape index (κ1) is 7.86. The Morgan fingerprint density at radius 1 is 1.38 bits per heavy atom. The first-order valence-electron chi connectivity index (χ1n) is 4.02. The molecule has 0 aliphatic rings. The van der Waals surface area contributed by atoms with Crippen molar-refractivity contribution < 1.29 is 9.36 Å². The molecule has 1 aromatic heterocycles. The fraction of sp³-hybridized carbons (Fsp3) is 0.100. The predicted octanol–water partition coefficient (Wildman–Crippen LogP) is 0.872. The van der Waals surface area contributed by atoms with Crippen LogP contribution in [0.25, 0.3) is 11.0 Å². The number of rotatable bonds is 1. The highest BCUT2D eigenvalue weighted by molar-refractivity contribution is 5.77. The van der Waals surface area contributed by atoms with E-state index in [0.717, 1.165) is 17.3 Å². The Morgan fingerprint density at radius 2 is 2.15 bits per heavy atom. The van der Waals surface area contributed by atoms with Crippen molar-refractivity contribution in [1.82, 2.24) is 4.98 Å². The summed E-state index contributed by atoms with van der Waals surface area (Å²) < 4.78 is 1.89. The molecule has 0 saturated carbocycles. The van der Waals surface area contributed by atoms with Gasteiger partial charge in [0.15, 0.2) is 18.2 Å². The first-order valence-corrected chi connectivity index (χ1v) is 4.02. The Hall–Kier alpha value is -1.77. The normalized spacial score (nSPS) is 10.2. The van der Waals surface area contributed by atoms with Crippen molar-refractivity contribution in [1.29, 1.82) is 0 Å². The van der Waals surface area contributed by atoms with Crippen LogP contribution in [0.3, 0.4) is 0 Å². The summed E-state index contributed by atoms with van der Waals surface area (Å²) in [5, 5.41) is 0. The zero-order chi connectivity index (χ0) is 9.26. The van der Waals surface area contributed by atoms with Gasteiger partial charge in [0.1, 0.15) is 12.6 Å². The van der Waals surface area contributed by atoms with Crippen LogP contribution in [-0.2, 0) is 7.05 Å². The van der Waals surface area contributed by atoms with E-state index in [4.69, 9.17) is 0 Å². The molecule has 0 N–H and O–H groups in total. The zero-order valence-electron chi connectivity index (χ0n) is 7.27. The number of aldehydes is 1. The maximum atomic E-state index is 10.5. The number of carbonyl (C=O) groups is 1. The average molecular weight is 173 g/mol. The fourth-order valence-electron chi connectivity index (χ4n) is 1.35. The number of benzene rings is 1. The van der Waals surface area contributed by atoms with Crippen molar-refractivity contribution in [2.45, 2.75) is 0 Å². The van der Waals surface area contributed by atoms with Crippen LogP contribution in [-0.4, -0.2) is 11.3 Å². The molecule has 0 bridgehead atoms. The molecule has 3 nitrogen and oxygen atoms in total. The van der Waals surface area contributed by atoms with Crippen LogP contribution in [0, 0.1) is 0 Å². The van der Waals surface area contributed by atoms with Crippen LogP contribution in [0.4, 0.5) is 0 Å². The van der Waals surface area contributed by atoms with Crippen molar-refractivity contribution in [3.63, 3.8) is 0 Å². The molecule has 0 aliphatic heterocycles. The number of para-hydroxylation sites is 2. The molecule has 0 unspecified atom stereocenters. The highest BCUT2D eigenvalue weighted by Gasteiger charge is 2.06. The number of hydrogen-bond donors (Lipinski definition) is 0. The van der Waals surface area contributed by atoms with Crippen molar-refractivity contribution in [2.75, 3.05) is 0 Å². The minimum Gasteiger partial charge on any atom is -0.296 e. The zero-order valence-corrected chi connectivity index (χ0v) is 7.27. The molecule has 0 amide bonds. The van der Waals surface area contributed by atoms with Gasteiger partial charge in [0.05, 0.1) is 0 Å². The standard InChI is InChI=1S/C10H9N2O/c1-12-6-8(7-13)11-9-4-2-3-5-10(9)12/h2-7H,1H3/q+1. The molecule has 0 fully saturated rings. The summed E-state index contributed by atoms with van der Waals surface area (Å²) in [7, 11) is 1.90. The van der Waals surface area contributed by atoms with E-state index in [1.165, 1.54) is 0 Å². The molecule has 64 valence electrons. The van der Waals surface area contributed by atoms with Gasteiger partial charge in [0, 0.05) is 6.07 Å². The second kappa shape index (κ2) is 2.94. The van der Waals surface area contributed by atoms with Crippen molar-refractivity contribution >= 4 is 17.3 Å². The van der Waals surface area contributed by atoms with Crippen molar-refractivity contribution in [3.05, 3.63) is 36.2 Å². The van der Waals surface area contributed by atoms with Crippen LogP contribution < -0.4 is 4.57 Å². The van der Waals surface area contributed by atoms with E-state index in [1.807, 2.05) is 35.9 Å². The van der Waals surface area contributed by atoms with Crippen molar-refractivity contribution in [2.24, 2.45) is 7.05 Å². The van der Waals surface area contributed by atoms with Gasteiger partial charge in [-0.3, -0.25) is 4.79 Å². The van der Waals surface area contributed by atoms with Gasteiger partial charge in [-0.2, -0.15) is 4.57 Å². The molecular formula is C10H9N2O+. The molecule has 1 heterocycles. The summed E-state index contributed by atoms with van der Waals surface area (Å²) in [6.45, 7) is 0. The summed E-state index contributed by atoms with van der Waals surface area (Å²) in [5.41, 5.74) is 2.32. The third kappa shape index (κ3) is 1.28. The van der Waals surface area contributed by atoms with E-state index in [1.54, 1.807) is 6.20 Å². The minimum absolute atomic E-state index is 0.459. The van der Waals surface area contributed by atoms with Gasteiger partial charge in [-0.1, -0.05) is 12.1 Å². The number of aromatic nitrogens is 2. The number of fused-ring (bicyclic) bond motifs is 1. The van der Waals surface area contributed by atoms with E-state index in [0.29, 0.717) is 5.69 Å².